The maximum Gasteiger partial charge on any atom is 0.137 e. The predicted molar refractivity (Wildman–Crippen MR) is 64.4 cm³/mol. The number of rotatable bonds is 4. The quantitative estimate of drug-likeness (QED) is 0.856. The molecule has 3 heteroatoms. The van der Waals surface area contributed by atoms with Gasteiger partial charge in [0.05, 0.1) is 12.1 Å². The van der Waals surface area contributed by atoms with Crippen LogP contribution >= 0.6 is 11.6 Å². The molecule has 0 bridgehead atoms. The molecule has 0 fully saturated rings. The Bertz CT molecular complexity index is 327. The summed E-state index contributed by atoms with van der Waals surface area (Å²) in [5.41, 5.74) is 7.20. The molecule has 0 aliphatic rings. The number of halogens is 1. The van der Waals surface area contributed by atoms with Gasteiger partial charge in [-0.3, -0.25) is 0 Å². The highest BCUT2D eigenvalue weighted by Gasteiger charge is 2.14. The van der Waals surface area contributed by atoms with E-state index >= 15 is 0 Å². The SMILES string of the molecule is CCC(C)C(N)c1ccc(Cl)c(OC)c1. The number of nitrogens with two attached hydrogens (primary N) is 1. The second-order valence-corrected chi connectivity index (χ2v) is 4.21. The minimum atomic E-state index is 0.0427. The van der Waals surface area contributed by atoms with Gasteiger partial charge in [-0.1, -0.05) is 37.9 Å². The van der Waals surface area contributed by atoms with E-state index in [2.05, 4.69) is 13.8 Å². The number of benzene rings is 1. The van der Waals surface area contributed by atoms with Crippen LogP contribution in [0.15, 0.2) is 18.2 Å². The average molecular weight is 228 g/mol. The van der Waals surface area contributed by atoms with Gasteiger partial charge in [0.15, 0.2) is 0 Å². The van der Waals surface area contributed by atoms with Gasteiger partial charge in [0, 0.05) is 6.04 Å². The molecule has 2 nitrogen and oxygen atoms in total. The Balaban J connectivity index is 2.95. The molecule has 2 atom stereocenters. The van der Waals surface area contributed by atoms with Crippen molar-refractivity contribution in [2.75, 3.05) is 7.11 Å². The van der Waals surface area contributed by atoms with E-state index in [1.54, 1.807) is 7.11 Å². The fourth-order valence-corrected chi connectivity index (χ4v) is 1.66. The largest absolute Gasteiger partial charge is 0.495 e. The van der Waals surface area contributed by atoms with Crippen molar-refractivity contribution in [1.82, 2.24) is 0 Å². The van der Waals surface area contributed by atoms with Gasteiger partial charge >= 0.3 is 0 Å². The van der Waals surface area contributed by atoms with Crippen LogP contribution in [-0.4, -0.2) is 7.11 Å². The van der Waals surface area contributed by atoms with Crippen molar-refractivity contribution in [3.8, 4) is 5.75 Å². The Kier molecular flexibility index (Phi) is 4.43. The summed E-state index contributed by atoms with van der Waals surface area (Å²) in [5.74, 6) is 1.14. The lowest BCUT2D eigenvalue weighted by Gasteiger charge is -2.19. The van der Waals surface area contributed by atoms with Gasteiger partial charge in [-0.25, -0.2) is 0 Å². The first-order chi connectivity index (χ1) is 7.10. The monoisotopic (exact) mass is 227 g/mol. The van der Waals surface area contributed by atoms with Gasteiger partial charge < -0.3 is 10.5 Å². The molecule has 1 rings (SSSR count). The second-order valence-electron chi connectivity index (χ2n) is 3.81. The van der Waals surface area contributed by atoms with Crippen LogP contribution < -0.4 is 10.5 Å². The molecule has 0 saturated heterocycles. The molecule has 0 saturated carbocycles. The van der Waals surface area contributed by atoms with Gasteiger partial charge in [0.1, 0.15) is 5.75 Å². The van der Waals surface area contributed by atoms with E-state index in [0.717, 1.165) is 12.0 Å². The highest BCUT2D eigenvalue weighted by Crippen LogP contribution is 2.30. The number of ether oxygens (including phenoxy) is 1. The zero-order valence-corrected chi connectivity index (χ0v) is 10.2. The molecular weight excluding hydrogens is 210 g/mol. The van der Waals surface area contributed by atoms with E-state index in [-0.39, 0.29) is 6.04 Å². The summed E-state index contributed by atoms with van der Waals surface area (Å²) in [6.07, 6.45) is 1.06. The van der Waals surface area contributed by atoms with Gasteiger partial charge in [-0.2, -0.15) is 0 Å². The lowest BCUT2D eigenvalue weighted by Crippen LogP contribution is -2.18. The van der Waals surface area contributed by atoms with E-state index in [1.165, 1.54) is 0 Å². The molecule has 0 radical (unpaired) electrons. The summed E-state index contributed by atoms with van der Waals surface area (Å²) in [4.78, 5) is 0. The van der Waals surface area contributed by atoms with Crippen molar-refractivity contribution in [3.05, 3.63) is 28.8 Å². The molecule has 0 amide bonds. The predicted octanol–water partition coefficient (Wildman–Crippen LogP) is 3.39. The van der Waals surface area contributed by atoms with Crippen molar-refractivity contribution in [3.63, 3.8) is 0 Å². The lowest BCUT2D eigenvalue weighted by atomic mass is 9.93. The molecule has 1 aromatic rings. The Morgan fingerprint density at radius 1 is 1.47 bits per heavy atom. The van der Waals surface area contributed by atoms with Crippen LogP contribution in [0.25, 0.3) is 0 Å². The fraction of sp³-hybridized carbons (Fsp3) is 0.500. The average Bonchev–Trinajstić information content (AvgIpc) is 2.27. The Hall–Kier alpha value is -0.730. The standard InChI is InChI=1S/C12H18ClNO/c1-4-8(2)12(14)9-5-6-10(13)11(7-9)15-3/h5-8,12H,4,14H2,1-3H3. The van der Waals surface area contributed by atoms with Crippen molar-refractivity contribution in [2.24, 2.45) is 11.7 Å². The van der Waals surface area contributed by atoms with Crippen LogP contribution in [0.4, 0.5) is 0 Å². The highest BCUT2D eigenvalue weighted by molar-refractivity contribution is 6.32. The van der Waals surface area contributed by atoms with Gasteiger partial charge in [0.2, 0.25) is 0 Å². The topological polar surface area (TPSA) is 35.2 Å². The van der Waals surface area contributed by atoms with Gasteiger partial charge in [-0.05, 0) is 23.6 Å². The maximum atomic E-state index is 6.12. The summed E-state index contributed by atoms with van der Waals surface area (Å²) in [5, 5.41) is 0.623. The van der Waals surface area contributed by atoms with E-state index in [0.29, 0.717) is 16.7 Å². The second kappa shape index (κ2) is 5.38. The molecule has 2 unspecified atom stereocenters. The molecule has 0 aromatic heterocycles. The molecule has 84 valence electrons. The smallest absolute Gasteiger partial charge is 0.137 e. The van der Waals surface area contributed by atoms with Crippen LogP contribution in [-0.2, 0) is 0 Å². The summed E-state index contributed by atoms with van der Waals surface area (Å²) >= 11 is 5.95. The van der Waals surface area contributed by atoms with Crippen LogP contribution in [0.3, 0.4) is 0 Å². The number of hydrogen-bond donors (Lipinski definition) is 1. The van der Waals surface area contributed by atoms with Crippen LogP contribution in [0.2, 0.25) is 5.02 Å². The minimum Gasteiger partial charge on any atom is -0.495 e. The third-order valence-corrected chi connectivity index (χ3v) is 3.13. The van der Waals surface area contributed by atoms with Gasteiger partial charge in [-0.15, -0.1) is 0 Å². The first-order valence-electron chi connectivity index (χ1n) is 5.19. The number of hydrogen-bond acceptors (Lipinski definition) is 2. The van der Waals surface area contributed by atoms with Crippen LogP contribution in [0, 0.1) is 5.92 Å². The molecule has 15 heavy (non-hydrogen) atoms. The third kappa shape index (κ3) is 2.86. The Morgan fingerprint density at radius 3 is 2.67 bits per heavy atom. The summed E-state index contributed by atoms with van der Waals surface area (Å²) in [7, 11) is 1.61. The van der Waals surface area contributed by atoms with Crippen LogP contribution in [0.1, 0.15) is 31.9 Å². The zero-order valence-electron chi connectivity index (χ0n) is 9.46. The zero-order chi connectivity index (χ0) is 11.4. The third-order valence-electron chi connectivity index (χ3n) is 2.82. The Labute approximate surface area is 96.4 Å². The highest BCUT2D eigenvalue weighted by atomic mass is 35.5. The van der Waals surface area contributed by atoms with E-state index < -0.39 is 0 Å². The van der Waals surface area contributed by atoms with E-state index in [4.69, 9.17) is 22.1 Å². The maximum absolute atomic E-state index is 6.12. The molecule has 0 spiro atoms. The summed E-state index contributed by atoms with van der Waals surface area (Å²) in [6.45, 7) is 4.28. The van der Waals surface area contributed by atoms with E-state index in [1.807, 2.05) is 18.2 Å². The van der Waals surface area contributed by atoms with Crippen molar-refractivity contribution < 1.29 is 4.74 Å². The lowest BCUT2D eigenvalue weighted by molar-refractivity contribution is 0.410. The molecule has 0 aliphatic heterocycles. The molecule has 0 aliphatic carbocycles. The van der Waals surface area contributed by atoms with Crippen LogP contribution in [0.5, 0.6) is 5.75 Å². The number of methoxy groups -OCH3 is 1. The van der Waals surface area contributed by atoms with Crippen molar-refractivity contribution in [1.29, 1.82) is 0 Å². The normalized spacial score (nSPS) is 14.7. The molecule has 0 heterocycles. The fourth-order valence-electron chi connectivity index (χ4n) is 1.47. The van der Waals surface area contributed by atoms with Gasteiger partial charge in [0.25, 0.3) is 0 Å². The summed E-state index contributed by atoms with van der Waals surface area (Å²) in [6, 6.07) is 5.75. The molecule has 2 N–H and O–H groups in total. The first kappa shape index (κ1) is 12.3. The first-order valence-corrected chi connectivity index (χ1v) is 5.57. The van der Waals surface area contributed by atoms with Crippen molar-refractivity contribution >= 4 is 11.6 Å². The minimum absolute atomic E-state index is 0.0427. The van der Waals surface area contributed by atoms with Crippen molar-refractivity contribution in [2.45, 2.75) is 26.3 Å². The Morgan fingerprint density at radius 2 is 2.13 bits per heavy atom. The summed E-state index contributed by atoms with van der Waals surface area (Å²) < 4.78 is 5.16. The molecule has 1 aromatic carbocycles. The van der Waals surface area contributed by atoms with E-state index in [9.17, 15) is 0 Å². The molecular formula is C12H18ClNO.